The topological polar surface area (TPSA) is 45.0 Å². The van der Waals surface area contributed by atoms with Crippen molar-refractivity contribution in [2.75, 3.05) is 13.2 Å². The molecule has 5 heteroatoms. The van der Waals surface area contributed by atoms with Gasteiger partial charge in [-0.2, -0.15) is 5.26 Å². The molecule has 1 atom stereocenters. The summed E-state index contributed by atoms with van der Waals surface area (Å²) in [4.78, 5) is 0. The van der Waals surface area contributed by atoms with Crippen LogP contribution in [-0.4, -0.2) is 18.7 Å². The number of rotatable bonds is 5. The highest BCUT2D eigenvalue weighted by Crippen LogP contribution is 2.16. The van der Waals surface area contributed by atoms with Gasteiger partial charge in [0.25, 0.3) is 0 Å². The minimum absolute atomic E-state index is 0.0579. The predicted octanol–water partition coefficient (Wildman–Crippen LogP) is 2.24. The minimum Gasteiger partial charge on any atom is -0.490 e. The van der Waals surface area contributed by atoms with Crippen molar-refractivity contribution in [2.24, 2.45) is 0 Å². The van der Waals surface area contributed by atoms with Gasteiger partial charge < -0.3 is 4.74 Å². The molecule has 1 N–H and O–H groups in total. The molecule has 0 amide bonds. The molecule has 0 saturated carbocycles. The largest absolute Gasteiger partial charge is 0.490 e. The maximum absolute atomic E-state index is 12.9. The second kappa shape index (κ2) is 5.60. The molecule has 0 heterocycles. The number of nitriles is 1. The molecule has 0 radical (unpaired) electrons. The highest BCUT2D eigenvalue weighted by atomic mass is 19.2. The van der Waals surface area contributed by atoms with E-state index in [1.54, 1.807) is 6.92 Å². The van der Waals surface area contributed by atoms with E-state index in [0.29, 0.717) is 6.54 Å². The van der Waals surface area contributed by atoms with Crippen LogP contribution >= 0.6 is 0 Å². The fourth-order valence-corrected chi connectivity index (χ4v) is 1.31. The molecular formula is C12H14F2N2O. The summed E-state index contributed by atoms with van der Waals surface area (Å²) in [5, 5.41) is 11.9. The summed E-state index contributed by atoms with van der Waals surface area (Å²) in [5.41, 5.74) is -0.848. The minimum atomic E-state index is -0.968. The second-order valence-electron chi connectivity index (χ2n) is 3.84. The Morgan fingerprint density at radius 2 is 2.12 bits per heavy atom. The van der Waals surface area contributed by atoms with Crippen LogP contribution in [0.2, 0.25) is 0 Å². The van der Waals surface area contributed by atoms with Crippen molar-refractivity contribution in [1.82, 2.24) is 5.32 Å². The van der Waals surface area contributed by atoms with Gasteiger partial charge in [-0.25, -0.2) is 8.78 Å². The molecule has 0 saturated heterocycles. The number of nitrogens with one attached hydrogen (secondary N) is 1. The highest BCUT2D eigenvalue weighted by molar-refractivity contribution is 5.24. The van der Waals surface area contributed by atoms with Gasteiger partial charge in [0.2, 0.25) is 0 Å². The molecule has 1 unspecified atom stereocenters. The molecule has 0 aliphatic heterocycles. The predicted molar refractivity (Wildman–Crippen MR) is 59.5 cm³/mol. The molecule has 17 heavy (non-hydrogen) atoms. The number of halogens is 2. The van der Waals surface area contributed by atoms with Gasteiger partial charge in [-0.15, -0.1) is 0 Å². The zero-order valence-electron chi connectivity index (χ0n) is 9.76. The first-order valence-corrected chi connectivity index (χ1v) is 5.25. The Balaban J connectivity index is 2.66. The van der Waals surface area contributed by atoms with Crippen LogP contribution < -0.4 is 10.1 Å². The van der Waals surface area contributed by atoms with E-state index >= 15 is 0 Å². The smallest absolute Gasteiger partial charge is 0.162 e. The Morgan fingerprint density at radius 1 is 1.41 bits per heavy atom. The zero-order chi connectivity index (χ0) is 12.9. The van der Waals surface area contributed by atoms with E-state index in [2.05, 4.69) is 11.4 Å². The van der Waals surface area contributed by atoms with Gasteiger partial charge in [0.05, 0.1) is 6.07 Å². The van der Waals surface area contributed by atoms with Crippen LogP contribution in [-0.2, 0) is 0 Å². The Labute approximate surface area is 99.0 Å². The maximum atomic E-state index is 12.9. The molecule has 1 aromatic rings. The van der Waals surface area contributed by atoms with E-state index in [-0.39, 0.29) is 12.4 Å². The third-order valence-corrected chi connectivity index (χ3v) is 2.23. The number of hydrogen-bond donors (Lipinski definition) is 1. The van der Waals surface area contributed by atoms with E-state index < -0.39 is 17.2 Å². The third-order valence-electron chi connectivity index (χ3n) is 2.23. The SMILES string of the molecule is CCNC(C)(C#N)COc1ccc(F)c(F)c1. The van der Waals surface area contributed by atoms with Crippen molar-refractivity contribution in [3.05, 3.63) is 29.8 Å². The van der Waals surface area contributed by atoms with E-state index in [0.717, 1.165) is 12.1 Å². The lowest BCUT2D eigenvalue weighted by atomic mass is 10.1. The van der Waals surface area contributed by atoms with E-state index in [1.807, 2.05) is 6.92 Å². The first kappa shape index (κ1) is 13.4. The van der Waals surface area contributed by atoms with Crippen molar-refractivity contribution in [1.29, 1.82) is 5.26 Å². The van der Waals surface area contributed by atoms with Crippen LogP contribution in [0.1, 0.15) is 13.8 Å². The summed E-state index contributed by atoms with van der Waals surface area (Å²) in [5.74, 6) is -1.69. The van der Waals surface area contributed by atoms with E-state index in [9.17, 15) is 8.78 Å². The summed E-state index contributed by atoms with van der Waals surface area (Å²) < 4.78 is 30.8. The summed E-state index contributed by atoms with van der Waals surface area (Å²) in [6.45, 7) is 4.22. The van der Waals surface area contributed by atoms with Crippen molar-refractivity contribution in [3.63, 3.8) is 0 Å². The number of benzene rings is 1. The third kappa shape index (κ3) is 3.68. The number of likely N-dealkylation sites (N-methyl/N-ethyl adjacent to an activating group) is 1. The van der Waals surface area contributed by atoms with Crippen LogP contribution in [0.5, 0.6) is 5.75 Å². The number of hydrogen-bond acceptors (Lipinski definition) is 3. The summed E-state index contributed by atoms with van der Waals surface area (Å²) in [6.07, 6.45) is 0. The number of ether oxygens (including phenoxy) is 1. The standard InChI is InChI=1S/C12H14F2N2O/c1-3-16-12(2,7-15)8-17-9-4-5-10(13)11(14)6-9/h4-6,16H,3,8H2,1-2H3. The average Bonchev–Trinajstić information content (AvgIpc) is 2.31. The quantitative estimate of drug-likeness (QED) is 0.858. The van der Waals surface area contributed by atoms with Gasteiger partial charge >= 0.3 is 0 Å². The van der Waals surface area contributed by atoms with Gasteiger partial charge in [0.1, 0.15) is 17.9 Å². The molecular weight excluding hydrogens is 226 g/mol. The maximum Gasteiger partial charge on any atom is 0.162 e. The first-order valence-electron chi connectivity index (χ1n) is 5.25. The van der Waals surface area contributed by atoms with E-state index in [4.69, 9.17) is 10.00 Å². The second-order valence-corrected chi connectivity index (χ2v) is 3.84. The Morgan fingerprint density at radius 3 is 2.65 bits per heavy atom. The van der Waals surface area contributed by atoms with Crippen LogP contribution in [0.4, 0.5) is 8.78 Å². The first-order chi connectivity index (χ1) is 8.00. The number of nitrogens with zero attached hydrogens (tertiary/aromatic N) is 1. The zero-order valence-corrected chi connectivity index (χ0v) is 9.76. The molecule has 0 aliphatic rings. The summed E-state index contributed by atoms with van der Waals surface area (Å²) in [7, 11) is 0. The van der Waals surface area contributed by atoms with Gasteiger partial charge in [-0.1, -0.05) is 6.92 Å². The van der Waals surface area contributed by atoms with Crippen LogP contribution in [0.3, 0.4) is 0 Å². The van der Waals surface area contributed by atoms with Crippen LogP contribution in [0.15, 0.2) is 18.2 Å². The molecule has 1 rings (SSSR count). The van der Waals surface area contributed by atoms with Crippen molar-refractivity contribution >= 4 is 0 Å². The van der Waals surface area contributed by atoms with Gasteiger partial charge in [-0.3, -0.25) is 5.32 Å². The lowest BCUT2D eigenvalue weighted by Crippen LogP contribution is -2.46. The summed E-state index contributed by atoms with van der Waals surface area (Å²) in [6, 6.07) is 5.34. The van der Waals surface area contributed by atoms with Crippen LogP contribution in [0.25, 0.3) is 0 Å². The highest BCUT2D eigenvalue weighted by Gasteiger charge is 2.23. The molecule has 0 bridgehead atoms. The Bertz CT molecular complexity index is 431. The van der Waals surface area contributed by atoms with E-state index in [1.165, 1.54) is 6.07 Å². The average molecular weight is 240 g/mol. The fraction of sp³-hybridized carbons (Fsp3) is 0.417. The molecule has 1 aromatic carbocycles. The molecule has 92 valence electrons. The molecule has 0 aromatic heterocycles. The van der Waals surface area contributed by atoms with Crippen LogP contribution in [0, 0.1) is 23.0 Å². The monoisotopic (exact) mass is 240 g/mol. The van der Waals surface area contributed by atoms with Gasteiger partial charge in [-0.05, 0) is 25.6 Å². The molecule has 0 aliphatic carbocycles. The lowest BCUT2D eigenvalue weighted by molar-refractivity contribution is 0.235. The normalized spacial score (nSPS) is 13.8. The lowest BCUT2D eigenvalue weighted by Gasteiger charge is -2.22. The van der Waals surface area contributed by atoms with Crippen molar-refractivity contribution < 1.29 is 13.5 Å². The molecule has 3 nitrogen and oxygen atoms in total. The van der Waals surface area contributed by atoms with Crippen molar-refractivity contribution in [3.8, 4) is 11.8 Å². The fourth-order valence-electron chi connectivity index (χ4n) is 1.31. The molecule has 0 spiro atoms. The van der Waals surface area contributed by atoms with Gasteiger partial charge in [0, 0.05) is 6.07 Å². The summed E-state index contributed by atoms with van der Waals surface area (Å²) >= 11 is 0. The molecule has 0 fully saturated rings. The Kier molecular flexibility index (Phi) is 4.41. The van der Waals surface area contributed by atoms with Crippen molar-refractivity contribution in [2.45, 2.75) is 19.4 Å². The van der Waals surface area contributed by atoms with Gasteiger partial charge in [0.15, 0.2) is 11.6 Å². The Hall–Kier alpha value is -1.67.